The fourth-order valence-electron chi connectivity index (χ4n) is 2.46. The van der Waals surface area contributed by atoms with Crippen molar-refractivity contribution in [3.63, 3.8) is 0 Å². The normalized spacial score (nSPS) is 20.1. The van der Waals surface area contributed by atoms with Crippen molar-refractivity contribution < 1.29 is 0 Å². The summed E-state index contributed by atoms with van der Waals surface area (Å²) in [5, 5.41) is 5.90. The zero-order valence-corrected chi connectivity index (χ0v) is 11.5. The largest absolute Gasteiger partial charge is 0.310 e. The fraction of sp³-hybridized carbons (Fsp3) is 0.714. The Bertz CT molecular complexity index is 341. The van der Waals surface area contributed by atoms with Crippen LogP contribution in [0.2, 0.25) is 0 Å². The van der Waals surface area contributed by atoms with Gasteiger partial charge in [-0.05, 0) is 41.7 Å². The molecule has 1 aliphatic carbocycles. The molecule has 0 aromatic carbocycles. The molecule has 1 aliphatic rings. The van der Waals surface area contributed by atoms with Gasteiger partial charge in [-0.15, -0.1) is 11.3 Å². The summed E-state index contributed by atoms with van der Waals surface area (Å²) >= 11 is 1.98. The summed E-state index contributed by atoms with van der Waals surface area (Å²) in [4.78, 5) is 1.67. The highest BCUT2D eigenvalue weighted by atomic mass is 32.1. The average molecular weight is 237 g/mol. The van der Waals surface area contributed by atoms with Crippen molar-refractivity contribution in [2.24, 2.45) is 5.92 Å². The Labute approximate surface area is 103 Å². The monoisotopic (exact) mass is 237 g/mol. The molecule has 0 saturated heterocycles. The van der Waals surface area contributed by atoms with Gasteiger partial charge in [-0.1, -0.05) is 27.2 Å². The number of thiophene rings is 1. The van der Waals surface area contributed by atoms with Gasteiger partial charge in [0.05, 0.1) is 0 Å². The lowest BCUT2D eigenvalue weighted by Crippen LogP contribution is -2.22. The summed E-state index contributed by atoms with van der Waals surface area (Å²) in [6.07, 6.45) is 5.39. The molecule has 1 nitrogen and oxygen atoms in total. The lowest BCUT2D eigenvalue weighted by Gasteiger charge is -2.21. The molecule has 1 N–H and O–H groups in total. The van der Waals surface area contributed by atoms with E-state index in [9.17, 15) is 0 Å². The molecule has 1 heterocycles. The van der Waals surface area contributed by atoms with Crippen molar-refractivity contribution in [3.05, 3.63) is 21.4 Å². The van der Waals surface area contributed by atoms with Crippen molar-refractivity contribution >= 4 is 11.3 Å². The van der Waals surface area contributed by atoms with Gasteiger partial charge in [-0.2, -0.15) is 0 Å². The van der Waals surface area contributed by atoms with E-state index in [2.05, 4.69) is 31.5 Å². The Morgan fingerprint density at radius 3 is 3.00 bits per heavy atom. The molecular formula is C14H23NS. The van der Waals surface area contributed by atoms with E-state index in [1.165, 1.54) is 25.7 Å². The van der Waals surface area contributed by atoms with Crippen molar-refractivity contribution in [2.45, 2.75) is 59.0 Å². The second-order valence-electron chi connectivity index (χ2n) is 5.22. The number of hydrogen-bond acceptors (Lipinski definition) is 2. The van der Waals surface area contributed by atoms with Crippen LogP contribution in [-0.4, -0.2) is 6.04 Å². The van der Waals surface area contributed by atoms with Crippen LogP contribution >= 0.6 is 11.3 Å². The molecule has 0 spiro atoms. The molecule has 1 unspecified atom stereocenters. The first-order chi connectivity index (χ1) is 7.70. The third kappa shape index (κ3) is 2.67. The zero-order valence-electron chi connectivity index (χ0n) is 10.7. The Hall–Kier alpha value is -0.340. The van der Waals surface area contributed by atoms with Gasteiger partial charge in [0.25, 0.3) is 0 Å². The lowest BCUT2D eigenvalue weighted by molar-refractivity contribution is 0.447. The van der Waals surface area contributed by atoms with Crippen molar-refractivity contribution in [1.82, 2.24) is 5.32 Å². The van der Waals surface area contributed by atoms with Crippen LogP contribution in [0, 0.1) is 5.92 Å². The second-order valence-corrected chi connectivity index (χ2v) is 6.18. The molecule has 1 atom stereocenters. The second kappa shape index (κ2) is 5.33. The van der Waals surface area contributed by atoms with Gasteiger partial charge in [0.1, 0.15) is 0 Å². The number of nitrogens with one attached hydrogen (secondary N) is 1. The van der Waals surface area contributed by atoms with E-state index in [0.29, 0.717) is 6.04 Å². The van der Waals surface area contributed by atoms with Crippen LogP contribution in [0.25, 0.3) is 0 Å². The highest BCUT2D eigenvalue weighted by Gasteiger charge is 2.21. The van der Waals surface area contributed by atoms with Gasteiger partial charge in [-0.25, -0.2) is 0 Å². The van der Waals surface area contributed by atoms with Gasteiger partial charge in [0, 0.05) is 17.5 Å². The Balaban J connectivity index is 2.04. The maximum atomic E-state index is 3.53. The van der Waals surface area contributed by atoms with Crippen molar-refractivity contribution in [1.29, 1.82) is 0 Å². The van der Waals surface area contributed by atoms with E-state index in [1.807, 2.05) is 11.3 Å². The molecule has 1 aromatic heterocycles. The molecule has 1 aromatic rings. The van der Waals surface area contributed by atoms with Gasteiger partial charge in [-0.3, -0.25) is 0 Å². The maximum Gasteiger partial charge on any atom is 0.0218 e. The lowest BCUT2D eigenvalue weighted by atomic mass is 9.86. The fourth-order valence-corrected chi connectivity index (χ4v) is 3.68. The summed E-state index contributed by atoms with van der Waals surface area (Å²) in [7, 11) is 0. The molecule has 16 heavy (non-hydrogen) atoms. The van der Waals surface area contributed by atoms with E-state index in [1.54, 1.807) is 16.0 Å². The molecule has 0 saturated carbocycles. The van der Waals surface area contributed by atoms with Crippen LogP contribution in [0.1, 0.15) is 49.6 Å². The van der Waals surface area contributed by atoms with Crippen LogP contribution in [0.5, 0.6) is 0 Å². The zero-order chi connectivity index (χ0) is 11.5. The van der Waals surface area contributed by atoms with Crippen LogP contribution < -0.4 is 5.32 Å². The SMILES string of the molecule is CCC1CCc2c(CNC(C)C)csc2C1. The predicted octanol–water partition coefficient (Wildman–Crippen LogP) is 3.76. The minimum absolute atomic E-state index is 0.586. The van der Waals surface area contributed by atoms with Gasteiger partial charge in [0.2, 0.25) is 0 Å². The smallest absolute Gasteiger partial charge is 0.0218 e. The Kier molecular flexibility index (Phi) is 4.04. The standard InChI is InChI=1S/C14H23NS/c1-4-11-5-6-13-12(8-15-10(2)3)9-16-14(13)7-11/h9-11,15H,4-8H2,1-3H3. The maximum absolute atomic E-state index is 3.53. The molecular weight excluding hydrogens is 214 g/mol. The van der Waals surface area contributed by atoms with E-state index in [4.69, 9.17) is 0 Å². The van der Waals surface area contributed by atoms with E-state index in [0.717, 1.165) is 12.5 Å². The minimum atomic E-state index is 0.586. The van der Waals surface area contributed by atoms with Crippen LogP contribution in [0.15, 0.2) is 5.38 Å². The van der Waals surface area contributed by atoms with Crippen molar-refractivity contribution in [2.75, 3.05) is 0 Å². The predicted molar refractivity (Wildman–Crippen MR) is 72.1 cm³/mol. The molecule has 0 amide bonds. The Morgan fingerprint density at radius 2 is 2.31 bits per heavy atom. The third-order valence-electron chi connectivity index (χ3n) is 3.62. The van der Waals surface area contributed by atoms with E-state index in [-0.39, 0.29) is 0 Å². The van der Waals surface area contributed by atoms with Crippen LogP contribution in [-0.2, 0) is 19.4 Å². The summed E-state index contributed by atoms with van der Waals surface area (Å²) in [5.41, 5.74) is 3.23. The molecule has 0 bridgehead atoms. The highest BCUT2D eigenvalue weighted by molar-refractivity contribution is 7.10. The summed E-state index contributed by atoms with van der Waals surface area (Å²) < 4.78 is 0. The van der Waals surface area contributed by atoms with Gasteiger partial charge < -0.3 is 5.32 Å². The number of hydrogen-bond donors (Lipinski definition) is 1. The summed E-state index contributed by atoms with van der Waals surface area (Å²) in [5.74, 6) is 0.942. The first-order valence-corrected chi connectivity index (χ1v) is 7.40. The first-order valence-electron chi connectivity index (χ1n) is 6.52. The van der Waals surface area contributed by atoms with Crippen molar-refractivity contribution in [3.8, 4) is 0 Å². The third-order valence-corrected chi connectivity index (χ3v) is 4.72. The number of rotatable bonds is 4. The van der Waals surface area contributed by atoms with E-state index >= 15 is 0 Å². The Morgan fingerprint density at radius 1 is 1.50 bits per heavy atom. The molecule has 2 heteroatoms. The quantitative estimate of drug-likeness (QED) is 0.840. The van der Waals surface area contributed by atoms with E-state index < -0.39 is 0 Å². The first kappa shape index (κ1) is 12.1. The molecule has 0 fully saturated rings. The van der Waals surface area contributed by atoms with Gasteiger partial charge >= 0.3 is 0 Å². The van der Waals surface area contributed by atoms with Gasteiger partial charge in [0.15, 0.2) is 0 Å². The van der Waals surface area contributed by atoms with Crippen LogP contribution in [0.4, 0.5) is 0 Å². The summed E-state index contributed by atoms with van der Waals surface area (Å²) in [6, 6.07) is 0.586. The molecule has 0 radical (unpaired) electrons. The molecule has 2 rings (SSSR count). The average Bonchev–Trinajstić information content (AvgIpc) is 2.68. The minimum Gasteiger partial charge on any atom is -0.310 e. The molecule has 90 valence electrons. The molecule has 0 aliphatic heterocycles. The van der Waals surface area contributed by atoms with Crippen LogP contribution in [0.3, 0.4) is 0 Å². The topological polar surface area (TPSA) is 12.0 Å². The summed E-state index contributed by atoms with van der Waals surface area (Å²) in [6.45, 7) is 7.81. The highest BCUT2D eigenvalue weighted by Crippen LogP contribution is 2.34. The number of fused-ring (bicyclic) bond motifs is 1.